The van der Waals surface area contributed by atoms with Crippen LogP contribution >= 0.6 is 0 Å². The van der Waals surface area contributed by atoms with Crippen LogP contribution in [0, 0.1) is 0 Å². The Kier molecular flexibility index (Phi) is 8.79. The van der Waals surface area contributed by atoms with E-state index in [4.69, 9.17) is 9.47 Å². The zero-order chi connectivity index (χ0) is 21.9. The molecule has 10 heteroatoms. The van der Waals surface area contributed by atoms with Gasteiger partial charge >= 0.3 is 13.2 Å². The fourth-order valence-corrected chi connectivity index (χ4v) is 2.27. The number of benzene rings is 2. The van der Waals surface area contributed by atoms with Gasteiger partial charge in [0, 0.05) is 17.7 Å². The van der Waals surface area contributed by atoms with Crippen molar-refractivity contribution in [2.24, 2.45) is 0 Å². The van der Waals surface area contributed by atoms with Crippen molar-refractivity contribution < 1.29 is 41.3 Å². The molecule has 1 N–H and O–H groups in total. The highest BCUT2D eigenvalue weighted by Gasteiger charge is 2.12. The smallest absolute Gasteiger partial charge is 0.387 e. The molecule has 0 aliphatic heterocycles. The lowest BCUT2D eigenvalue weighted by molar-refractivity contribution is -0.116. The lowest BCUT2D eigenvalue weighted by atomic mass is 10.1. The van der Waals surface area contributed by atoms with Gasteiger partial charge in [0.15, 0.2) is 0 Å². The molecular weight excluding hydrogens is 410 g/mol. The molecule has 0 radical (unpaired) electrons. The highest BCUT2D eigenvalue weighted by atomic mass is 19.3. The standard InChI is InChI=1S/C20H19F4NO5/c1-27-14-5-7-15(8-6-14)28-11-10-25-18(26)9-3-13-2-4-16(29-19(21)22)12-17(13)30-20(23)24/h2-9,12,19-20H,10-11H2,1H3,(H,25,26)/b9-3+. The Hall–Kier alpha value is -3.43. The molecule has 2 aromatic carbocycles. The molecule has 0 aliphatic carbocycles. The highest BCUT2D eigenvalue weighted by molar-refractivity contribution is 5.92. The molecule has 6 nitrogen and oxygen atoms in total. The number of hydrogen-bond acceptors (Lipinski definition) is 5. The summed E-state index contributed by atoms with van der Waals surface area (Å²) in [5.74, 6) is 0.0162. The molecule has 0 spiro atoms. The first kappa shape index (κ1) is 22.9. The highest BCUT2D eigenvalue weighted by Crippen LogP contribution is 2.28. The molecule has 2 rings (SSSR count). The van der Waals surface area contributed by atoms with Gasteiger partial charge in [-0.05, 0) is 42.5 Å². The third-order valence-electron chi connectivity index (χ3n) is 3.57. The van der Waals surface area contributed by atoms with E-state index in [0.29, 0.717) is 11.5 Å². The molecule has 0 unspecified atom stereocenters. The summed E-state index contributed by atoms with van der Waals surface area (Å²) < 4.78 is 68.6. The quantitative estimate of drug-likeness (QED) is 0.331. The molecule has 162 valence electrons. The third-order valence-corrected chi connectivity index (χ3v) is 3.57. The summed E-state index contributed by atoms with van der Waals surface area (Å²) in [6, 6.07) is 10.1. The van der Waals surface area contributed by atoms with Crippen molar-refractivity contribution in [3.63, 3.8) is 0 Å². The van der Waals surface area contributed by atoms with Crippen molar-refractivity contribution in [2.75, 3.05) is 20.3 Å². The maximum atomic E-state index is 12.5. The number of carbonyl (C=O) groups is 1. The van der Waals surface area contributed by atoms with Gasteiger partial charge in [0.05, 0.1) is 13.7 Å². The second-order valence-electron chi connectivity index (χ2n) is 5.60. The van der Waals surface area contributed by atoms with Crippen LogP contribution in [0.5, 0.6) is 23.0 Å². The molecule has 0 aliphatic rings. The van der Waals surface area contributed by atoms with Crippen LogP contribution in [0.1, 0.15) is 5.56 Å². The van der Waals surface area contributed by atoms with E-state index in [0.717, 1.165) is 18.2 Å². The summed E-state index contributed by atoms with van der Waals surface area (Å²) in [7, 11) is 1.55. The SMILES string of the molecule is COc1ccc(OCCNC(=O)/C=C/c2ccc(OC(F)F)cc2OC(F)F)cc1. The molecule has 0 saturated heterocycles. The van der Waals surface area contributed by atoms with E-state index >= 15 is 0 Å². The van der Waals surface area contributed by atoms with Crippen LogP contribution in [-0.4, -0.2) is 39.4 Å². The maximum absolute atomic E-state index is 12.5. The molecule has 0 saturated carbocycles. The minimum absolute atomic E-state index is 0.0848. The summed E-state index contributed by atoms with van der Waals surface area (Å²) in [5.41, 5.74) is 0.0848. The zero-order valence-corrected chi connectivity index (χ0v) is 15.8. The topological polar surface area (TPSA) is 66.0 Å². The van der Waals surface area contributed by atoms with Crippen molar-refractivity contribution >= 4 is 12.0 Å². The lowest BCUT2D eigenvalue weighted by Gasteiger charge is -2.11. The van der Waals surface area contributed by atoms with Gasteiger partial charge in [0.2, 0.25) is 5.91 Å². The van der Waals surface area contributed by atoms with Crippen molar-refractivity contribution in [1.82, 2.24) is 5.32 Å². The second-order valence-corrected chi connectivity index (χ2v) is 5.60. The van der Waals surface area contributed by atoms with Gasteiger partial charge in [-0.15, -0.1) is 0 Å². The van der Waals surface area contributed by atoms with Crippen LogP contribution in [0.2, 0.25) is 0 Å². The minimum Gasteiger partial charge on any atom is -0.497 e. The number of methoxy groups -OCH3 is 1. The lowest BCUT2D eigenvalue weighted by Crippen LogP contribution is -2.26. The number of carbonyl (C=O) groups excluding carboxylic acids is 1. The predicted octanol–water partition coefficient (Wildman–Crippen LogP) is 4.11. The molecule has 30 heavy (non-hydrogen) atoms. The average Bonchev–Trinajstić information content (AvgIpc) is 2.70. The number of amides is 1. The summed E-state index contributed by atoms with van der Waals surface area (Å²) in [6.45, 7) is -5.90. The normalized spacial score (nSPS) is 11.0. The van der Waals surface area contributed by atoms with Gasteiger partial charge in [0.25, 0.3) is 0 Å². The Bertz CT molecular complexity index is 844. The van der Waals surface area contributed by atoms with Gasteiger partial charge in [0.1, 0.15) is 29.6 Å². The van der Waals surface area contributed by atoms with Gasteiger partial charge in [-0.2, -0.15) is 17.6 Å². The molecule has 0 atom stereocenters. The van der Waals surface area contributed by atoms with Gasteiger partial charge in [-0.25, -0.2) is 0 Å². The number of ether oxygens (including phenoxy) is 4. The van der Waals surface area contributed by atoms with E-state index in [1.54, 1.807) is 31.4 Å². The molecule has 0 fully saturated rings. The first-order chi connectivity index (χ1) is 14.4. The van der Waals surface area contributed by atoms with Crippen LogP contribution in [0.15, 0.2) is 48.5 Å². The van der Waals surface area contributed by atoms with Crippen molar-refractivity contribution in [3.05, 3.63) is 54.1 Å². The summed E-state index contributed by atoms with van der Waals surface area (Å²) >= 11 is 0. The second kappa shape index (κ2) is 11.5. The van der Waals surface area contributed by atoms with Crippen LogP contribution < -0.4 is 24.3 Å². The summed E-state index contributed by atoms with van der Waals surface area (Å²) in [6.07, 6.45) is 2.30. The predicted molar refractivity (Wildman–Crippen MR) is 100 cm³/mol. The zero-order valence-electron chi connectivity index (χ0n) is 15.8. The first-order valence-electron chi connectivity index (χ1n) is 8.64. The number of alkyl halides is 4. The fraction of sp³-hybridized carbons (Fsp3) is 0.250. The van der Waals surface area contributed by atoms with Crippen LogP contribution in [-0.2, 0) is 4.79 Å². The Morgan fingerprint density at radius 3 is 2.23 bits per heavy atom. The molecule has 0 aromatic heterocycles. The third kappa shape index (κ3) is 7.90. The Balaban J connectivity index is 1.87. The van der Waals surface area contributed by atoms with Crippen LogP contribution in [0.25, 0.3) is 6.08 Å². The van der Waals surface area contributed by atoms with E-state index < -0.39 is 24.9 Å². The largest absolute Gasteiger partial charge is 0.497 e. The molecule has 0 bridgehead atoms. The van der Waals surface area contributed by atoms with Gasteiger partial charge in [-0.3, -0.25) is 4.79 Å². The van der Waals surface area contributed by atoms with Gasteiger partial charge < -0.3 is 24.3 Å². The number of rotatable bonds is 11. The monoisotopic (exact) mass is 429 g/mol. The van der Waals surface area contributed by atoms with Crippen molar-refractivity contribution in [1.29, 1.82) is 0 Å². The molecule has 0 heterocycles. The van der Waals surface area contributed by atoms with E-state index in [1.165, 1.54) is 12.1 Å². The van der Waals surface area contributed by atoms with Gasteiger partial charge in [-0.1, -0.05) is 0 Å². The summed E-state index contributed by atoms with van der Waals surface area (Å²) in [5, 5.41) is 2.56. The molecule has 2 aromatic rings. The number of halogens is 4. The van der Waals surface area contributed by atoms with Crippen molar-refractivity contribution in [2.45, 2.75) is 13.2 Å². The molecule has 1 amide bonds. The van der Waals surface area contributed by atoms with Crippen LogP contribution in [0.4, 0.5) is 17.6 Å². The summed E-state index contributed by atoms with van der Waals surface area (Å²) in [4.78, 5) is 11.9. The Morgan fingerprint density at radius 2 is 1.60 bits per heavy atom. The maximum Gasteiger partial charge on any atom is 0.387 e. The Labute approximate surface area is 170 Å². The van der Waals surface area contributed by atoms with Crippen molar-refractivity contribution in [3.8, 4) is 23.0 Å². The number of hydrogen-bond donors (Lipinski definition) is 1. The fourth-order valence-electron chi connectivity index (χ4n) is 2.27. The number of nitrogens with one attached hydrogen (secondary N) is 1. The first-order valence-corrected chi connectivity index (χ1v) is 8.64. The Morgan fingerprint density at radius 1 is 0.967 bits per heavy atom. The van der Waals surface area contributed by atoms with E-state index in [1.807, 2.05) is 0 Å². The average molecular weight is 429 g/mol. The van der Waals surface area contributed by atoms with E-state index in [-0.39, 0.29) is 24.5 Å². The van der Waals surface area contributed by atoms with E-state index in [9.17, 15) is 22.4 Å². The minimum atomic E-state index is -3.18. The van der Waals surface area contributed by atoms with E-state index in [2.05, 4.69) is 14.8 Å². The van der Waals surface area contributed by atoms with Crippen LogP contribution in [0.3, 0.4) is 0 Å². The molecular formula is C20H19F4NO5.